The van der Waals surface area contributed by atoms with Crippen LogP contribution in [0.4, 0.5) is 11.4 Å². The van der Waals surface area contributed by atoms with Crippen molar-refractivity contribution < 1.29 is 27.1 Å². The van der Waals surface area contributed by atoms with Crippen LogP contribution in [0.5, 0.6) is 0 Å². The van der Waals surface area contributed by atoms with Crippen molar-refractivity contribution in [1.29, 1.82) is 0 Å². The normalized spacial score (nSPS) is 25.4. The van der Waals surface area contributed by atoms with E-state index in [1.54, 1.807) is 19.1 Å². The summed E-state index contributed by atoms with van der Waals surface area (Å²) in [5, 5.41) is 0. The molecule has 8 heteroatoms. The second-order valence-corrected chi connectivity index (χ2v) is 14.2. The fourth-order valence-electron chi connectivity index (χ4n) is 7.87. The van der Waals surface area contributed by atoms with Crippen LogP contribution in [0.15, 0.2) is 64.2 Å². The van der Waals surface area contributed by atoms with Crippen molar-refractivity contribution in [3.63, 3.8) is 0 Å². The number of rotatable bonds is 3. The number of hydrogen-bond acceptors (Lipinski definition) is 6. The van der Waals surface area contributed by atoms with Gasteiger partial charge in [0.1, 0.15) is 15.9 Å². The van der Waals surface area contributed by atoms with E-state index in [-0.39, 0.29) is 28.3 Å². The van der Waals surface area contributed by atoms with E-state index in [4.69, 9.17) is 4.74 Å². The van der Waals surface area contributed by atoms with E-state index < -0.39 is 15.5 Å². The molecule has 0 amide bonds. The fraction of sp³-hybridized carbons (Fsp3) is 0.438. The minimum Gasteiger partial charge on any atom is -0.744 e. The number of fused-ring (bicyclic) bond motifs is 8. The average molecular weight is 559 g/mol. The Morgan fingerprint density at radius 3 is 2.55 bits per heavy atom. The maximum Gasteiger partial charge on any atom is 0.209 e. The predicted molar refractivity (Wildman–Crippen MR) is 151 cm³/mol. The highest BCUT2D eigenvalue weighted by molar-refractivity contribution is 7.85. The Bertz CT molecular complexity index is 1730. The van der Waals surface area contributed by atoms with Gasteiger partial charge in [0.05, 0.1) is 22.5 Å². The summed E-state index contributed by atoms with van der Waals surface area (Å²) in [6.07, 6.45) is 4.51. The molecule has 5 aliphatic rings. The van der Waals surface area contributed by atoms with E-state index >= 15 is 0 Å². The Hall–Kier alpha value is -3.07. The number of carbonyl (C=O) groups is 1. The number of ketones is 1. The lowest BCUT2D eigenvalue weighted by Crippen LogP contribution is -2.47. The van der Waals surface area contributed by atoms with Gasteiger partial charge < -0.3 is 14.2 Å². The Morgan fingerprint density at radius 2 is 1.82 bits per heavy atom. The Kier molecular flexibility index (Phi) is 5.33. The minimum atomic E-state index is -4.55. The first-order valence-electron chi connectivity index (χ1n) is 14.1. The topological polar surface area (TPSA) is 89.8 Å². The van der Waals surface area contributed by atoms with Gasteiger partial charge in [-0.1, -0.05) is 26.0 Å². The Balaban J connectivity index is 1.38. The third-order valence-corrected chi connectivity index (χ3v) is 10.4. The van der Waals surface area contributed by atoms with E-state index in [0.29, 0.717) is 6.42 Å². The molecule has 5 aliphatic heterocycles. The molecule has 0 saturated carbocycles. The van der Waals surface area contributed by atoms with E-state index in [1.807, 2.05) is 0 Å². The minimum absolute atomic E-state index is 0.0153. The van der Waals surface area contributed by atoms with Crippen LogP contribution < -0.4 is 4.90 Å². The SMILES string of the molecule is CC(=O)Cc1ccc2c(c1)C(C)(C)C1=C3C=C4C5=[N+](CCC4OC3CCN12)c1ccc(S(=O)(=O)[O-])cc1C5(C)C. The number of allylic oxidation sites excluding steroid dienone is 1. The molecule has 0 radical (unpaired) electrons. The first kappa shape index (κ1) is 25.9. The number of anilines is 1. The van der Waals surface area contributed by atoms with Gasteiger partial charge in [-0.05, 0) is 62.6 Å². The molecule has 7 nitrogen and oxygen atoms in total. The molecule has 0 aromatic heterocycles. The van der Waals surface area contributed by atoms with Gasteiger partial charge in [-0.15, -0.1) is 0 Å². The van der Waals surface area contributed by atoms with Gasteiger partial charge in [-0.3, -0.25) is 4.79 Å². The van der Waals surface area contributed by atoms with Crippen molar-refractivity contribution in [3.05, 3.63) is 76.0 Å². The molecule has 0 bridgehead atoms. The zero-order chi connectivity index (χ0) is 28.4. The van der Waals surface area contributed by atoms with Crippen LogP contribution in [-0.4, -0.2) is 54.3 Å². The second kappa shape index (κ2) is 8.24. The van der Waals surface area contributed by atoms with Crippen molar-refractivity contribution in [1.82, 2.24) is 0 Å². The largest absolute Gasteiger partial charge is 0.744 e. The first-order valence-corrected chi connectivity index (χ1v) is 15.5. The lowest BCUT2D eigenvalue weighted by atomic mass is 9.74. The predicted octanol–water partition coefficient (Wildman–Crippen LogP) is 4.65. The molecule has 0 N–H and O–H groups in total. The van der Waals surface area contributed by atoms with Gasteiger partial charge in [-0.25, -0.2) is 8.42 Å². The zero-order valence-electron chi connectivity index (χ0n) is 23.6. The molecule has 0 aliphatic carbocycles. The zero-order valence-corrected chi connectivity index (χ0v) is 24.4. The van der Waals surface area contributed by atoms with E-state index in [2.05, 4.69) is 61.4 Å². The van der Waals surface area contributed by atoms with Crippen molar-refractivity contribution in [2.24, 2.45) is 0 Å². The molecule has 2 unspecified atom stereocenters. The summed E-state index contributed by atoms with van der Waals surface area (Å²) in [5.74, 6) is 0.158. The van der Waals surface area contributed by atoms with E-state index in [9.17, 15) is 17.8 Å². The molecule has 2 aromatic rings. The quantitative estimate of drug-likeness (QED) is 0.403. The summed E-state index contributed by atoms with van der Waals surface area (Å²) in [5.41, 5.74) is 9.29. The van der Waals surface area contributed by atoms with Crippen LogP contribution in [0, 0.1) is 0 Å². The summed E-state index contributed by atoms with van der Waals surface area (Å²) in [7, 11) is -4.55. The van der Waals surface area contributed by atoms with E-state index in [0.717, 1.165) is 54.0 Å². The Labute approximate surface area is 235 Å². The van der Waals surface area contributed by atoms with Crippen molar-refractivity contribution in [3.8, 4) is 0 Å². The molecule has 2 aromatic carbocycles. The number of hydrogen-bond donors (Lipinski definition) is 0. The molecule has 2 atom stereocenters. The highest BCUT2D eigenvalue weighted by Crippen LogP contribution is 2.54. The highest BCUT2D eigenvalue weighted by atomic mass is 32.2. The van der Waals surface area contributed by atoms with Gasteiger partial charge in [-0.2, -0.15) is 4.58 Å². The van der Waals surface area contributed by atoms with Gasteiger partial charge in [0.15, 0.2) is 12.3 Å². The van der Waals surface area contributed by atoms with Crippen LogP contribution in [0.3, 0.4) is 0 Å². The third kappa shape index (κ3) is 3.52. The molecular formula is C32H34N2O5S. The van der Waals surface area contributed by atoms with Crippen molar-refractivity contribution in [2.75, 3.05) is 18.0 Å². The molecule has 208 valence electrons. The molecule has 0 fully saturated rings. The van der Waals surface area contributed by atoms with Crippen LogP contribution in [-0.2, 0) is 36.9 Å². The summed E-state index contributed by atoms with van der Waals surface area (Å²) in [6, 6.07) is 11.2. The average Bonchev–Trinajstić information content (AvgIpc) is 3.26. The monoisotopic (exact) mass is 558 g/mol. The molecule has 7 rings (SSSR count). The lowest BCUT2D eigenvalue weighted by molar-refractivity contribution is -0.445. The molecule has 0 spiro atoms. The summed E-state index contributed by atoms with van der Waals surface area (Å²) >= 11 is 0. The number of ether oxygens (including phenoxy) is 1. The maximum absolute atomic E-state index is 11.8. The first-order chi connectivity index (χ1) is 18.8. The van der Waals surface area contributed by atoms with E-state index in [1.165, 1.54) is 28.6 Å². The standard InChI is InChI=1S/C32H34N2O5S/c1-18(35)14-19-6-8-25-23(15-19)31(2,3)29-21-17-22-28(39-27(21)10-12-33(25)29)11-13-34-26-9-7-20(40(36,37)38)16-24(26)32(4,5)30(22)34/h6-9,15-17,27-28H,10-14H2,1-5H3. The molecular weight excluding hydrogens is 524 g/mol. The highest BCUT2D eigenvalue weighted by Gasteiger charge is 2.54. The third-order valence-electron chi connectivity index (χ3n) is 9.53. The van der Waals surface area contributed by atoms with Gasteiger partial charge in [0, 0.05) is 59.0 Å². The van der Waals surface area contributed by atoms with Gasteiger partial charge in [0.2, 0.25) is 5.69 Å². The fourth-order valence-corrected chi connectivity index (χ4v) is 8.37. The van der Waals surface area contributed by atoms with Crippen LogP contribution in [0.2, 0.25) is 0 Å². The number of nitrogens with zero attached hydrogens (tertiary/aromatic N) is 2. The molecule has 5 heterocycles. The van der Waals surface area contributed by atoms with Crippen LogP contribution in [0.1, 0.15) is 64.2 Å². The van der Waals surface area contributed by atoms with Crippen molar-refractivity contribution >= 4 is 33.0 Å². The van der Waals surface area contributed by atoms with Crippen LogP contribution >= 0.6 is 0 Å². The lowest BCUT2D eigenvalue weighted by Gasteiger charge is -2.42. The van der Waals surface area contributed by atoms with Crippen LogP contribution in [0.25, 0.3) is 0 Å². The summed E-state index contributed by atoms with van der Waals surface area (Å²) in [4.78, 5) is 14.1. The smallest absolute Gasteiger partial charge is 0.209 e. The molecule has 40 heavy (non-hydrogen) atoms. The second-order valence-electron chi connectivity index (χ2n) is 12.9. The van der Waals surface area contributed by atoms with Crippen molar-refractivity contribution in [2.45, 2.75) is 81.8 Å². The number of carbonyl (C=O) groups excluding carboxylic acids is 1. The number of Topliss-reactive ketones (excluding diaryl/α,β-unsaturated/α-hetero) is 1. The number of benzene rings is 2. The summed E-state index contributed by atoms with van der Waals surface area (Å²) < 4.78 is 44.7. The summed E-state index contributed by atoms with van der Waals surface area (Å²) in [6.45, 7) is 12.0. The Morgan fingerprint density at radius 1 is 1.05 bits per heavy atom. The van der Waals surface area contributed by atoms with Gasteiger partial charge in [0.25, 0.3) is 0 Å². The van der Waals surface area contributed by atoms with Gasteiger partial charge >= 0.3 is 0 Å². The maximum atomic E-state index is 11.8. The molecule has 0 saturated heterocycles.